The van der Waals surface area contributed by atoms with E-state index in [-0.39, 0.29) is 17.9 Å². The first kappa shape index (κ1) is 19.3. The quantitative estimate of drug-likeness (QED) is 0.401. The summed E-state index contributed by atoms with van der Waals surface area (Å²) in [5, 5.41) is 11.0. The van der Waals surface area contributed by atoms with Gasteiger partial charge in [0.05, 0.1) is 18.4 Å². The third-order valence-corrected chi connectivity index (χ3v) is 4.93. The van der Waals surface area contributed by atoms with Crippen molar-refractivity contribution in [3.05, 3.63) is 95.6 Å². The lowest BCUT2D eigenvalue weighted by atomic mass is 9.98. The number of carbonyl (C=O) groups is 2. The monoisotopic (exact) mass is 401 g/mol. The molecule has 1 aliphatic rings. The summed E-state index contributed by atoms with van der Waals surface area (Å²) in [4.78, 5) is 35.7. The number of hydrogen-bond acceptors (Lipinski definition) is 6. The van der Waals surface area contributed by atoms with Crippen molar-refractivity contribution in [3.63, 3.8) is 0 Å². The standard InChI is InChI=1S/C23H19N3O4/c1-30-17-8-4-7-16(12-17)21(27)19-20(18-9-2-3-11-25-18)26(23(29)22(19)28)14-15-6-5-10-24-13-15/h2-13,20,27H,14H2,1H3/b21-19-. The maximum absolute atomic E-state index is 13.0. The Kier molecular flexibility index (Phi) is 5.26. The predicted octanol–water partition coefficient (Wildman–Crippen LogP) is 3.11. The highest BCUT2D eigenvalue weighted by molar-refractivity contribution is 6.46. The Morgan fingerprint density at radius 1 is 1.10 bits per heavy atom. The molecule has 3 aromatic rings. The third kappa shape index (κ3) is 3.53. The van der Waals surface area contributed by atoms with Crippen molar-refractivity contribution in [3.8, 4) is 5.75 Å². The van der Waals surface area contributed by atoms with Crippen LogP contribution in [0.5, 0.6) is 5.75 Å². The molecule has 0 spiro atoms. The molecule has 1 fully saturated rings. The van der Waals surface area contributed by atoms with Crippen LogP contribution in [0.3, 0.4) is 0 Å². The number of amides is 1. The van der Waals surface area contributed by atoms with Crippen LogP contribution in [-0.2, 0) is 16.1 Å². The van der Waals surface area contributed by atoms with Crippen LogP contribution in [0.4, 0.5) is 0 Å². The Bertz CT molecular complexity index is 1110. The van der Waals surface area contributed by atoms with E-state index < -0.39 is 17.7 Å². The van der Waals surface area contributed by atoms with Crippen molar-refractivity contribution in [1.29, 1.82) is 0 Å². The van der Waals surface area contributed by atoms with Gasteiger partial charge in [0.2, 0.25) is 0 Å². The van der Waals surface area contributed by atoms with Crippen molar-refractivity contribution in [2.75, 3.05) is 7.11 Å². The van der Waals surface area contributed by atoms with Crippen LogP contribution < -0.4 is 4.74 Å². The van der Waals surface area contributed by atoms with Crippen LogP contribution in [-0.4, -0.2) is 38.8 Å². The van der Waals surface area contributed by atoms with Gasteiger partial charge >= 0.3 is 0 Å². The molecule has 1 unspecified atom stereocenters. The first-order valence-electron chi connectivity index (χ1n) is 9.33. The second-order valence-corrected chi connectivity index (χ2v) is 6.77. The molecule has 150 valence electrons. The van der Waals surface area contributed by atoms with Gasteiger partial charge in [0.15, 0.2) is 0 Å². The third-order valence-electron chi connectivity index (χ3n) is 4.93. The van der Waals surface area contributed by atoms with E-state index in [1.54, 1.807) is 67.1 Å². The molecule has 1 amide bonds. The first-order chi connectivity index (χ1) is 14.6. The van der Waals surface area contributed by atoms with E-state index in [2.05, 4.69) is 9.97 Å². The fourth-order valence-electron chi connectivity index (χ4n) is 3.50. The molecule has 3 heterocycles. The van der Waals surface area contributed by atoms with Gasteiger partial charge in [0.25, 0.3) is 11.7 Å². The van der Waals surface area contributed by atoms with Crippen molar-refractivity contribution < 1.29 is 19.4 Å². The number of methoxy groups -OCH3 is 1. The van der Waals surface area contributed by atoms with Crippen LogP contribution >= 0.6 is 0 Å². The van der Waals surface area contributed by atoms with Gasteiger partial charge in [-0.05, 0) is 35.9 Å². The van der Waals surface area contributed by atoms with Gasteiger partial charge in [-0.15, -0.1) is 0 Å². The summed E-state index contributed by atoms with van der Waals surface area (Å²) >= 11 is 0. The number of aliphatic hydroxyl groups excluding tert-OH is 1. The van der Waals surface area contributed by atoms with E-state index in [1.807, 2.05) is 6.07 Å². The fraction of sp³-hybridized carbons (Fsp3) is 0.130. The molecule has 0 saturated carbocycles. The number of carbonyl (C=O) groups excluding carboxylic acids is 2. The molecule has 1 atom stereocenters. The molecule has 1 aliphatic heterocycles. The van der Waals surface area contributed by atoms with Crippen LogP contribution in [0.2, 0.25) is 0 Å². The number of aromatic nitrogens is 2. The van der Waals surface area contributed by atoms with E-state index in [0.29, 0.717) is 17.0 Å². The summed E-state index contributed by atoms with van der Waals surface area (Å²) in [6.45, 7) is 0.161. The average Bonchev–Trinajstić information content (AvgIpc) is 3.05. The highest BCUT2D eigenvalue weighted by Crippen LogP contribution is 2.39. The molecule has 1 saturated heterocycles. The number of aliphatic hydroxyl groups is 1. The number of likely N-dealkylation sites (tertiary alicyclic amines) is 1. The number of ketones is 1. The number of nitrogens with zero attached hydrogens (tertiary/aromatic N) is 3. The predicted molar refractivity (Wildman–Crippen MR) is 109 cm³/mol. The highest BCUT2D eigenvalue weighted by atomic mass is 16.5. The normalized spacial score (nSPS) is 17.9. The lowest BCUT2D eigenvalue weighted by molar-refractivity contribution is -0.140. The zero-order valence-electron chi connectivity index (χ0n) is 16.2. The second kappa shape index (κ2) is 8.16. The van der Waals surface area contributed by atoms with E-state index in [1.165, 1.54) is 12.0 Å². The number of pyridine rings is 2. The SMILES string of the molecule is COc1cccc(/C(O)=C2/C(=O)C(=O)N(Cc3cccnc3)C2c2ccccn2)c1. The Hall–Kier alpha value is -4.00. The van der Waals surface area contributed by atoms with Crippen LogP contribution in [0.15, 0.2) is 78.8 Å². The van der Waals surface area contributed by atoms with Gasteiger partial charge < -0.3 is 14.7 Å². The minimum atomic E-state index is -0.822. The van der Waals surface area contributed by atoms with Gasteiger partial charge in [-0.3, -0.25) is 19.6 Å². The highest BCUT2D eigenvalue weighted by Gasteiger charge is 2.46. The molecule has 30 heavy (non-hydrogen) atoms. The summed E-state index contributed by atoms with van der Waals surface area (Å²) in [5.74, 6) is -1.19. The summed E-state index contributed by atoms with van der Waals surface area (Å²) in [7, 11) is 1.51. The zero-order valence-corrected chi connectivity index (χ0v) is 16.2. The van der Waals surface area contributed by atoms with Gasteiger partial charge in [-0.2, -0.15) is 0 Å². The molecule has 1 aromatic carbocycles. The van der Waals surface area contributed by atoms with Gasteiger partial charge in [0.1, 0.15) is 17.6 Å². The van der Waals surface area contributed by atoms with E-state index in [0.717, 1.165) is 5.56 Å². The van der Waals surface area contributed by atoms with Crippen molar-refractivity contribution in [2.24, 2.45) is 0 Å². The van der Waals surface area contributed by atoms with E-state index >= 15 is 0 Å². The summed E-state index contributed by atoms with van der Waals surface area (Å²) in [6.07, 6.45) is 4.86. The molecule has 2 aromatic heterocycles. The van der Waals surface area contributed by atoms with Gasteiger partial charge in [-0.1, -0.05) is 24.3 Å². The van der Waals surface area contributed by atoms with Gasteiger partial charge in [-0.25, -0.2) is 0 Å². The minimum absolute atomic E-state index is 0.00385. The van der Waals surface area contributed by atoms with Crippen molar-refractivity contribution >= 4 is 17.4 Å². The van der Waals surface area contributed by atoms with E-state index in [9.17, 15) is 14.7 Å². The lowest BCUT2D eigenvalue weighted by Crippen LogP contribution is -2.29. The smallest absolute Gasteiger partial charge is 0.296 e. The maximum Gasteiger partial charge on any atom is 0.296 e. The van der Waals surface area contributed by atoms with E-state index in [4.69, 9.17) is 4.74 Å². The molecule has 1 N–H and O–H groups in total. The fourth-order valence-corrected chi connectivity index (χ4v) is 3.50. The Balaban J connectivity index is 1.85. The second-order valence-electron chi connectivity index (χ2n) is 6.77. The molecule has 0 radical (unpaired) electrons. The average molecular weight is 401 g/mol. The molecular formula is C23H19N3O4. The number of Topliss-reactive ketones (excluding diaryl/α,β-unsaturated/α-hetero) is 1. The molecule has 4 rings (SSSR count). The van der Waals surface area contributed by atoms with Crippen molar-refractivity contribution in [1.82, 2.24) is 14.9 Å². The lowest BCUT2D eigenvalue weighted by Gasteiger charge is -2.24. The van der Waals surface area contributed by atoms with Crippen LogP contribution in [0, 0.1) is 0 Å². The molecule has 7 heteroatoms. The molecular weight excluding hydrogens is 382 g/mol. The van der Waals surface area contributed by atoms with Gasteiger partial charge in [0, 0.05) is 30.7 Å². The Morgan fingerprint density at radius 3 is 2.67 bits per heavy atom. The topological polar surface area (TPSA) is 92.6 Å². The Morgan fingerprint density at radius 2 is 1.97 bits per heavy atom. The molecule has 0 aliphatic carbocycles. The van der Waals surface area contributed by atoms with Crippen LogP contribution in [0.1, 0.15) is 22.9 Å². The largest absolute Gasteiger partial charge is 0.507 e. The van der Waals surface area contributed by atoms with Crippen molar-refractivity contribution in [2.45, 2.75) is 12.6 Å². The number of hydrogen-bond donors (Lipinski definition) is 1. The first-order valence-corrected chi connectivity index (χ1v) is 9.33. The molecule has 7 nitrogen and oxygen atoms in total. The minimum Gasteiger partial charge on any atom is -0.507 e. The zero-order chi connectivity index (χ0) is 21.1. The Labute approximate surface area is 173 Å². The number of benzene rings is 1. The van der Waals surface area contributed by atoms with Crippen LogP contribution in [0.25, 0.3) is 5.76 Å². The number of rotatable bonds is 5. The number of ether oxygens (including phenoxy) is 1. The maximum atomic E-state index is 13.0. The summed E-state index contributed by atoms with van der Waals surface area (Å²) < 4.78 is 5.21. The summed E-state index contributed by atoms with van der Waals surface area (Å²) in [6, 6.07) is 14.7. The molecule has 0 bridgehead atoms. The summed E-state index contributed by atoms with van der Waals surface area (Å²) in [5.41, 5.74) is 1.64.